The van der Waals surface area contributed by atoms with E-state index in [-0.39, 0.29) is 0 Å². The fourth-order valence-corrected chi connectivity index (χ4v) is 0.951. The fraction of sp³-hybridized carbons (Fsp3) is 0.400. The van der Waals surface area contributed by atoms with Crippen molar-refractivity contribution >= 4 is 10.4 Å². The van der Waals surface area contributed by atoms with Crippen molar-refractivity contribution in [1.82, 2.24) is 0 Å². The van der Waals surface area contributed by atoms with Crippen LogP contribution in [0.1, 0.15) is 30.9 Å². The molecule has 0 amide bonds. The van der Waals surface area contributed by atoms with Gasteiger partial charge in [0.05, 0.1) is 0 Å². The molecule has 86 valence electrons. The normalized spacial score (nSPS) is 10.8. The van der Waals surface area contributed by atoms with Gasteiger partial charge in [0.2, 0.25) is 0 Å². The van der Waals surface area contributed by atoms with Crippen LogP contribution in [-0.2, 0) is 10.4 Å². The minimum absolute atomic E-state index is 0.653. The molecule has 1 rings (SSSR count). The Balaban J connectivity index is 0.000000336. The van der Waals surface area contributed by atoms with Gasteiger partial charge in [-0.25, -0.2) is 0 Å². The third-order valence-corrected chi connectivity index (χ3v) is 1.74. The van der Waals surface area contributed by atoms with Crippen LogP contribution < -0.4 is 0 Å². The highest BCUT2D eigenvalue weighted by molar-refractivity contribution is 7.79. The lowest BCUT2D eigenvalue weighted by Gasteiger charge is -2.03. The molecule has 0 fully saturated rings. The quantitative estimate of drug-likeness (QED) is 0.729. The smallest absolute Gasteiger partial charge is 0.264 e. The molecule has 1 aromatic rings. The Morgan fingerprint density at radius 1 is 1.07 bits per heavy atom. The predicted octanol–water partition coefficient (Wildman–Crippen LogP) is 2.47. The van der Waals surface area contributed by atoms with Gasteiger partial charge in [0.25, 0.3) is 0 Å². The molecule has 5 heteroatoms. The molecule has 0 atom stereocenters. The summed E-state index contributed by atoms with van der Waals surface area (Å²) in [5.41, 5.74) is 2.76. The Morgan fingerprint density at radius 3 is 1.67 bits per heavy atom. The molecule has 0 aliphatic heterocycles. The molecule has 0 radical (unpaired) electrons. The lowest BCUT2D eigenvalue weighted by molar-refractivity contribution is 0.381. The first kappa shape index (κ1) is 14.1. The van der Waals surface area contributed by atoms with Crippen LogP contribution in [0.2, 0.25) is 0 Å². The molecule has 0 saturated heterocycles. The second kappa shape index (κ2) is 5.85. The van der Waals surface area contributed by atoms with Crippen molar-refractivity contribution in [2.75, 3.05) is 0 Å². The topological polar surface area (TPSA) is 74.6 Å². The summed E-state index contributed by atoms with van der Waals surface area (Å²) in [7, 11) is -4.67. The van der Waals surface area contributed by atoms with Crippen LogP contribution in [0.3, 0.4) is 0 Å². The molecule has 0 heterocycles. The third kappa shape index (κ3) is 9.40. The number of hydrogen-bond acceptors (Lipinski definition) is 2. The maximum absolute atomic E-state index is 8.74. The van der Waals surface area contributed by atoms with E-state index in [1.54, 1.807) is 0 Å². The Hall–Kier alpha value is -0.910. The van der Waals surface area contributed by atoms with Crippen LogP contribution in [0, 0.1) is 6.92 Å². The number of aryl methyl sites for hydroxylation is 1. The summed E-state index contributed by atoms with van der Waals surface area (Å²) in [6.45, 7) is 6.54. The van der Waals surface area contributed by atoms with E-state index in [1.807, 2.05) is 0 Å². The maximum atomic E-state index is 8.74. The van der Waals surface area contributed by atoms with Gasteiger partial charge in [0.15, 0.2) is 0 Å². The summed E-state index contributed by atoms with van der Waals surface area (Å²) in [5, 5.41) is 0. The van der Waals surface area contributed by atoms with Crippen molar-refractivity contribution in [2.24, 2.45) is 0 Å². The molecule has 0 bridgehead atoms. The van der Waals surface area contributed by atoms with Crippen LogP contribution in [0.5, 0.6) is 0 Å². The average Bonchev–Trinajstić information content (AvgIpc) is 2.01. The van der Waals surface area contributed by atoms with E-state index in [2.05, 4.69) is 45.0 Å². The third-order valence-electron chi connectivity index (χ3n) is 1.74. The largest absolute Gasteiger partial charge is 0.394 e. The number of rotatable bonds is 1. The summed E-state index contributed by atoms with van der Waals surface area (Å²) in [6.07, 6.45) is 0. The van der Waals surface area contributed by atoms with E-state index in [9.17, 15) is 0 Å². The molecule has 0 aliphatic rings. The SMILES string of the molecule is Cc1ccc(C(C)C)cc1.O=S(=O)(O)O. The first-order valence-corrected chi connectivity index (χ1v) is 5.86. The molecule has 15 heavy (non-hydrogen) atoms. The van der Waals surface area contributed by atoms with Gasteiger partial charge in [-0.05, 0) is 18.4 Å². The van der Waals surface area contributed by atoms with Crippen LogP contribution in [0.15, 0.2) is 24.3 Å². The van der Waals surface area contributed by atoms with Crippen LogP contribution in [0.4, 0.5) is 0 Å². The van der Waals surface area contributed by atoms with E-state index in [4.69, 9.17) is 17.5 Å². The second-order valence-electron chi connectivity index (χ2n) is 3.51. The molecule has 4 nitrogen and oxygen atoms in total. The van der Waals surface area contributed by atoms with Crippen LogP contribution >= 0.6 is 0 Å². The second-order valence-corrected chi connectivity index (χ2v) is 4.41. The Labute approximate surface area is 90.5 Å². The lowest BCUT2D eigenvalue weighted by Crippen LogP contribution is -1.89. The Morgan fingerprint density at radius 2 is 1.40 bits per heavy atom. The van der Waals surface area contributed by atoms with Crippen molar-refractivity contribution in [3.8, 4) is 0 Å². The first-order chi connectivity index (χ1) is 6.70. The fourth-order valence-electron chi connectivity index (χ4n) is 0.951. The zero-order valence-corrected chi connectivity index (χ0v) is 9.82. The van der Waals surface area contributed by atoms with Gasteiger partial charge in [-0.3, -0.25) is 9.11 Å². The number of benzene rings is 1. The molecule has 0 unspecified atom stereocenters. The summed E-state index contributed by atoms with van der Waals surface area (Å²) in [4.78, 5) is 0. The van der Waals surface area contributed by atoms with E-state index in [0.29, 0.717) is 5.92 Å². The first-order valence-electron chi connectivity index (χ1n) is 4.46. The molecule has 0 aromatic heterocycles. The van der Waals surface area contributed by atoms with Crippen molar-refractivity contribution in [1.29, 1.82) is 0 Å². The monoisotopic (exact) mass is 232 g/mol. The maximum Gasteiger partial charge on any atom is 0.394 e. The highest BCUT2D eigenvalue weighted by atomic mass is 32.3. The highest BCUT2D eigenvalue weighted by Gasteiger charge is 1.95. The zero-order chi connectivity index (χ0) is 12.1. The highest BCUT2D eigenvalue weighted by Crippen LogP contribution is 2.13. The van der Waals surface area contributed by atoms with Gasteiger partial charge in [0.1, 0.15) is 0 Å². The van der Waals surface area contributed by atoms with E-state index >= 15 is 0 Å². The predicted molar refractivity (Wildman–Crippen MR) is 59.4 cm³/mol. The van der Waals surface area contributed by atoms with Gasteiger partial charge in [-0.15, -0.1) is 0 Å². The summed E-state index contributed by atoms with van der Waals surface area (Å²) in [6, 6.07) is 8.71. The van der Waals surface area contributed by atoms with Crippen LogP contribution in [0.25, 0.3) is 0 Å². The molecule has 0 saturated carbocycles. The molecular weight excluding hydrogens is 216 g/mol. The van der Waals surface area contributed by atoms with E-state index in [1.165, 1.54) is 11.1 Å². The molecular formula is C10H16O4S. The summed E-state index contributed by atoms with van der Waals surface area (Å²) >= 11 is 0. The van der Waals surface area contributed by atoms with Crippen molar-refractivity contribution in [2.45, 2.75) is 26.7 Å². The number of hydrogen-bond donors (Lipinski definition) is 2. The van der Waals surface area contributed by atoms with Gasteiger partial charge in [0, 0.05) is 0 Å². The molecule has 2 N–H and O–H groups in total. The standard InChI is InChI=1S/C10H14.H2O4S/c1-8(2)10-6-4-9(3)5-7-10;1-5(2,3)4/h4-8H,1-3H3;(H2,1,2,3,4). The Kier molecular flexibility index (Phi) is 5.49. The van der Waals surface area contributed by atoms with Crippen molar-refractivity contribution < 1.29 is 17.5 Å². The average molecular weight is 232 g/mol. The molecule has 1 aromatic carbocycles. The molecule has 0 spiro atoms. The summed E-state index contributed by atoms with van der Waals surface area (Å²) in [5.74, 6) is 0.653. The Bertz CT molecular complexity index is 370. The van der Waals surface area contributed by atoms with E-state index in [0.717, 1.165) is 0 Å². The van der Waals surface area contributed by atoms with Gasteiger partial charge in [-0.1, -0.05) is 43.7 Å². The van der Waals surface area contributed by atoms with Crippen LogP contribution in [-0.4, -0.2) is 17.5 Å². The minimum Gasteiger partial charge on any atom is -0.264 e. The zero-order valence-electron chi connectivity index (χ0n) is 9.01. The summed E-state index contributed by atoms with van der Waals surface area (Å²) < 4.78 is 31.6. The van der Waals surface area contributed by atoms with Gasteiger partial charge < -0.3 is 0 Å². The lowest BCUT2D eigenvalue weighted by atomic mass is 10.0. The van der Waals surface area contributed by atoms with Crippen molar-refractivity contribution in [3.05, 3.63) is 35.4 Å². The molecule has 0 aliphatic carbocycles. The van der Waals surface area contributed by atoms with Gasteiger partial charge >= 0.3 is 10.4 Å². The minimum atomic E-state index is -4.67. The van der Waals surface area contributed by atoms with Gasteiger partial charge in [-0.2, -0.15) is 8.42 Å². The van der Waals surface area contributed by atoms with E-state index < -0.39 is 10.4 Å². The van der Waals surface area contributed by atoms with Crippen molar-refractivity contribution in [3.63, 3.8) is 0 Å².